The molecule has 1 aromatic heterocycles. The lowest BCUT2D eigenvalue weighted by atomic mass is 10.1. The summed E-state index contributed by atoms with van der Waals surface area (Å²) in [5.74, 6) is 1.17. The molecule has 9 heteroatoms. The predicted octanol–water partition coefficient (Wildman–Crippen LogP) is 5.67. The monoisotopic (exact) mass is 536 g/mol. The summed E-state index contributed by atoms with van der Waals surface area (Å²) in [6.07, 6.45) is 1.57. The minimum Gasteiger partial charge on any atom is -0.496 e. The van der Waals surface area contributed by atoms with Crippen LogP contribution in [-0.4, -0.2) is 39.2 Å². The molecule has 1 heterocycles. The SMILES string of the molecule is COc1ccccc1/C=N/NC(=O)C(C)Sc1nnc(CNc2cccc3ccccc23)n1-c1ccccc1. The van der Waals surface area contributed by atoms with Crippen LogP contribution in [0.2, 0.25) is 0 Å². The number of ether oxygens (including phenoxy) is 1. The topological polar surface area (TPSA) is 93.4 Å². The number of thioether (sulfide) groups is 1. The van der Waals surface area contributed by atoms with Crippen molar-refractivity contribution in [1.29, 1.82) is 0 Å². The fraction of sp³-hybridized carbons (Fsp3) is 0.133. The normalized spacial score (nSPS) is 11.9. The van der Waals surface area contributed by atoms with Gasteiger partial charge in [-0.1, -0.05) is 78.5 Å². The summed E-state index contributed by atoms with van der Waals surface area (Å²) in [6.45, 7) is 2.27. The van der Waals surface area contributed by atoms with E-state index in [1.54, 1.807) is 13.3 Å². The van der Waals surface area contributed by atoms with E-state index in [4.69, 9.17) is 4.74 Å². The summed E-state index contributed by atoms with van der Waals surface area (Å²) in [5.41, 5.74) is 5.32. The molecule has 0 saturated carbocycles. The Morgan fingerprint density at radius 1 is 0.974 bits per heavy atom. The number of nitrogens with zero attached hydrogens (tertiary/aromatic N) is 4. The smallest absolute Gasteiger partial charge is 0.253 e. The number of nitrogens with one attached hydrogen (secondary N) is 2. The Kier molecular flexibility index (Phi) is 8.18. The molecule has 1 atom stereocenters. The second kappa shape index (κ2) is 12.3. The first-order chi connectivity index (χ1) is 19.1. The lowest BCUT2D eigenvalue weighted by Crippen LogP contribution is -2.27. The van der Waals surface area contributed by atoms with E-state index in [1.165, 1.54) is 11.8 Å². The maximum absolute atomic E-state index is 12.8. The van der Waals surface area contributed by atoms with Gasteiger partial charge in [0.15, 0.2) is 11.0 Å². The lowest BCUT2D eigenvalue weighted by Gasteiger charge is -2.14. The number of para-hydroxylation sites is 2. The zero-order valence-corrected chi connectivity index (χ0v) is 22.4. The molecule has 0 fully saturated rings. The molecule has 39 heavy (non-hydrogen) atoms. The van der Waals surface area contributed by atoms with Crippen LogP contribution in [-0.2, 0) is 11.3 Å². The summed E-state index contributed by atoms with van der Waals surface area (Å²) in [5, 5.41) is 19.0. The molecule has 0 aliphatic carbocycles. The van der Waals surface area contributed by atoms with E-state index in [1.807, 2.05) is 84.3 Å². The van der Waals surface area contributed by atoms with Crippen molar-refractivity contribution in [1.82, 2.24) is 20.2 Å². The van der Waals surface area contributed by atoms with Gasteiger partial charge in [0.2, 0.25) is 0 Å². The Balaban J connectivity index is 1.32. The molecule has 0 spiro atoms. The standard InChI is InChI=1S/C30H28N6O2S/c1-21(29(37)34-32-19-23-12-7-9-18-27(23)38-2)39-30-35-33-28(36(30)24-14-4-3-5-15-24)20-31-26-17-10-13-22-11-6-8-16-25(22)26/h3-19,21,31H,20H2,1-2H3,(H,34,37)/b32-19+. The van der Waals surface area contributed by atoms with Crippen LogP contribution in [0.25, 0.3) is 16.5 Å². The van der Waals surface area contributed by atoms with Crippen LogP contribution in [0.5, 0.6) is 5.75 Å². The van der Waals surface area contributed by atoms with Crippen LogP contribution in [0.1, 0.15) is 18.3 Å². The molecule has 1 amide bonds. The number of benzene rings is 4. The Morgan fingerprint density at radius 2 is 1.72 bits per heavy atom. The number of amides is 1. The second-order valence-electron chi connectivity index (χ2n) is 8.69. The average molecular weight is 537 g/mol. The van der Waals surface area contributed by atoms with Gasteiger partial charge in [0.05, 0.1) is 25.1 Å². The van der Waals surface area contributed by atoms with E-state index in [9.17, 15) is 4.79 Å². The quantitative estimate of drug-likeness (QED) is 0.136. The summed E-state index contributed by atoms with van der Waals surface area (Å²) >= 11 is 1.32. The van der Waals surface area contributed by atoms with Gasteiger partial charge in [-0.3, -0.25) is 9.36 Å². The zero-order chi connectivity index (χ0) is 27.0. The zero-order valence-electron chi connectivity index (χ0n) is 21.6. The third-order valence-corrected chi connectivity index (χ3v) is 7.15. The summed E-state index contributed by atoms with van der Waals surface area (Å²) < 4.78 is 7.30. The summed E-state index contributed by atoms with van der Waals surface area (Å²) in [6, 6.07) is 31.8. The van der Waals surface area contributed by atoms with E-state index in [-0.39, 0.29) is 5.91 Å². The maximum Gasteiger partial charge on any atom is 0.253 e. The van der Waals surface area contributed by atoms with Gasteiger partial charge in [0, 0.05) is 22.3 Å². The highest BCUT2D eigenvalue weighted by Crippen LogP contribution is 2.28. The van der Waals surface area contributed by atoms with Gasteiger partial charge in [-0.25, -0.2) is 5.43 Å². The fourth-order valence-electron chi connectivity index (χ4n) is 4.12. The van der Waals surface area contributed by atoms with E-state index < -0.39 is 5.25 Å². The first-order valence-electron chi connectivity index (χ1n) is 12.5. The number of hydrogen-bond acceptors (Lipinski definition) is 7. The van der Waals surface area contributed by atoms with E-state index in [2.05, 4.69) is 50.3 Å². The van der Waals surface area contributed by atoms with Crippen LogP contribution >= 0.6 is 11.8 Å². The molecular weight excluding hydrogens is 508 g/mol. The van der Waals surface area contributed by atoms with Crippen molar-refractivity contribution < 1.29 is 9.53 Å². The molecule has 0 aliphatic rings. The fourth-order valence-corrected chi connectivity index (χ4v) is 5.00. The average Bonchev–Trinajstić information content (AvgIpc) is 3.38. The van der Waals surface area contributed by atoms with Gasteiger partial charge in [0.25, 0.3) is 5.91 Å². The van der Waals surface area contributed by atoms with Gasteiger partial charge < -0.3 is 10.1 Å². The minimum atomic E-state index is -0.467. The number of carbonyl (C=O) groups excluding carboxylic acids is 1. The lowest BCUT2D eigenvalue weighted by molar-refractivity contribution is -0.120. The highest BCUT2D eigenvalue weighted by Gasteiger charge is 2.21. The van der Waals surface area contributed by atoms with Crippen LogP contribution in [0, 0.1) is 0 Å². The molecular formula is C30H28N6O2S. The molecule has 0 aliphatic heterocycles. The number of rotatable bonds is 10. The molecule has 2 N–H and O–H groups in total. The predicted molar refractivity (Wildman–Crippen MR) is 157 cm³/mol. The van der Waals surface area contributed by atoms with Gasteiger partial charge in [0.1, 0.15) is 5.75 Å². The number of hydrogen-bond donors (Lipinski definition) is 2. The van der Waals surface area contributed by atoms with Crippen molar-refractivity contribution in [3.8, 4) is 11.4 Å². The third-order valence-electron chi connectivity index (χ3n) is 6.11. The summed E-state index contributed by atoms with van der Waals surface area (Å²) in [4.78, 5) is 12.8. The molecule has 0 bridgehead atoms. The first kappa shape index (κ1) is 26.0. The van der Waals surface area contributed by atoms with Crippen LogP contribution in [0.3, 0.4) is 0 Å². The molecule has 0 saturated heterocycles. The van der Waals surface area contributed by atoms with E-state index in [0.29, 0.717) is 17.5 Å². The number of aromatic nitrogens is 3. The molecule has 8 nitrogen and oxygen atoms in total. The third kappa shape index (κ3) is 6.10. The highest BCUT2D eigenvalue weighted by molar-refractivity contribution is 8.00. The minimum absolute atomic E-state index is 0.246. The number of anilines is 1. The van der Waals surface area contributed by atoms with E-state index >= 15 is 0 Å². The Hall–Kier alpha value is -4.63. The number of fused-ring (bicyclic) bond motifs is 1. The molecule has 4 aromatic carbocycles. The maximum atomic E-state index is 12.8. The van der Waals surface area contributed by atoms with Gasteiger partial charge in [-0.05, 0) is 42.6 Å². The van der Waals surface area contributed by atoms with Crippen LogP contribution in [0.4, 0.5) is 5.69 Å². The van der Waals surface area contributed by atoms with Crippen molar-refractivity contribution in [3.05, 3.63) is 108 Å². The second-order valence-corrected chi connectivity index (χ2v) is 9.99. The number of methoxy groups -OCH3 is 1. The summed E-state index contributed by atoms with van der Waals surface area (Å²) in [7, 11) is 1.60. The molecule has 5 aromatic rings. The highest BCUT2D eigenvalue weighted by atomic mass is 32.2. The van der Waals surface area contributed by atoms with Crippen molar-refractivity contribution in [2.75, 3.05) is 12.4 Å². The number of hydrazone groups is 1. The van der Waals surface area contributed by atoms with Crippen molar-refractivity contribution in [2.45, 2.75) is 23.9 Å². The largest absolute Gasteiger partial charge is 0.496 e. The van der Waals surface area contributed by atoms with E-state index in [0.717, 1.165) is 33.5 Å². The van der Waals surface area contributed by atoms with Crippen LogP contribution in [0.15, 0.2) is 107 Å². The van der Waals surface area contributed by atoms with Gasteiger partial charge in [-0.15, -0.1) is 10.2 Å². The first-order valence-corrected chi connectivity index (χ1v) is 13.4. The Morgan fingerprint density at radius 3 is 2.56 bits per heavy atom. The molecule has 0 radical (unpaired) electrons. The van der Waals surface area contributed by atoms with Crippen molar-refractivity contribution >= 4 is 40.3 Å². The molecule has 5 rings (SSSR count). The Bertz CT molecular complexity index is 1600. The van der Waals surface area contributed by atoms with Crippen LogP contribution < -0.4 is 15.5 Å². The number of carbonyl (C=O) groups is 1. The molecule has 1 unspecified atom stereocenters. The van der Waals surface area contributed by atoms with Crippen molar-refractivity contribution in [3.63, 3.8) is 0 Å². The Labute approximate surface area is 231 Å². The van der Waals surface area contributed by atoms with Crippen molar-refractivity contribution in [2.24, 2.45) is 5.10 Å². The van der Waals surface area contributed by atoms with Gasteiger partial charge in [-0.2, -0.15) is 5.10 Å². The molecule has 196 valence electrons. The van der Waals surface area contributed by atoms with Gasteiger partial charge >= 0.3 is 0 Å².